The average molecular weight is 250 g/mol. The van der Waals surface area contributed by atoms with Gasteiger partial charge in [-0.15, -0.1) is 0 Å². The van der Waals surface area contributed by atoms with Crippen LogP contribution in [0.3, 0.4) is 0 Å². The van der Waals surface area contributed by atoms with Gasteiger partial charge in [-0.2, -0.15) is 0 Å². The number of rotatable bonds is 6. The summed E-state index contributed by atoms with van der Waals surface area (Å²) in [5.41, 5.74) is 0.966. The van der Waals surface area contributed by atoms with Gasteiger partial charge in [-0.25, -0.2) is 0 Å². The first-order chi connectivity index (χ1) is 8.47. The van der Waals surface area contributed by atoms with Crippen molar-refractivity contribution in [3.05, 3.63) is 35.9 Å². The number of aliphatic hydroxyl groups excluding tert-OH is 1. The van der Waals surface area contributed by atoms with Crippen molar-refractivity contribution in [1.29, 1.82) is 0 Å². The molecule has 4 heteroatoms. The summed E-state index contributed by atoms with van der Waals surface area (Å²) in [5, 5.41) is 16.7. The molecular weight excluding hydrogens is 228 g/mol. The lowest BCUT2D eigenvalue weighted by Gasteiger charge is -2.22. The van der Waals surface area contributed by atoms with E-state index in [-0.39, 0.29) is 12.1 Å². The largest absolute Gasteiger partial charge is 0.393 e. The summed E-state index contributed by atoms with van der Waals surface area (Å²) in [6.07, 6.45) is 1.07. The molecule has 0 saturated carbocycles. The fourth-order valence-electron chi connectivity index (χ4n) is 1.25. The maximum absolute atomic E-state index is 9.65. The molecule has 0 aromatic heterocycles. The van der Waals surface area contributed by atoms with Gasteiger partial charge in [-0.1, -0.05) is 35.5 Å². The van der Waals surface area contributed by atoms with E-state index in [1.165, 1.54) is 0 Å². The second-order valence-corrected chi connectivity index (χ2v) is 5.23. The van der Waals surface area contributed by atoms with Crippen molar-refractivity contribution in [2.24, 2.45) is 5.16 Å². The SMILES string of the molecule is CC(C)(C)NCC(O)CO/N=C/c1ccccc1. The lowest BCUT2D eigenvalue weighted by molar-refractivity contribution is 0.0379. The number of nitrogens with one attached hydrogen (secondary N) is 1. The summed E-state index contributed by atoms with van der Waals surface area (Å²) >= 11 is 0. The minimum Gasteiger partial charge on any atom is -0.393 e. The lowest BCUT2D eigenvalue weighted by atomic mass is 10.1. The van der Waals surface area contributed by atoms with Gasteiger partial charge in [-0.3, -0.25) is 0 Å². The predicted octanol–water partition coefficient (Wildman–Crippen LogP) is 1.79. The first-order valence-corrected chi connectivity index (χ1v) is 6.11. The van der Waals surface area contributed by atoms with Crippen molar-refractivity contribution in [1.82, 2.24) is 5.32 Å². The molecule has 0 saturated heterocycles. The van der Waals surface area contributed by atoms with Crippen molar-refractivity contribution < 1.29 is 9.94 Å². The summed E-state index contributed by atoms with van der Waals surface area (Å²) in [5.74, 6) is 0. The zero-order valence-electron chi connectivity index (χ0n) is 11.3. The molecule has 1 rings (SSSR count). The molecule has 0 aliphatic carbocycles. The molecule has 0 aliphatic heterocycles. The smallest absolute Gasteiger partial charge is 0.144 e. The molecule has 1 atom stereocenters. The maximum Gasteiger partial charge on any atom is 0.144 e. The molecule has 0 bridgehead atoms. The van der Waals surface area contributed by atoms with Crippen LogP contribution in [0, 0.1) is 0 Å². The Morgan fingerprint density at radius 1 is 1.33 bits per heavy atom. The van der Waals surface area contributed by atoms with Crippen LogP contribution < -0.4 is 5.32 Å². The molecule has 1 aromatic rings. The Morgan fingerprint density at radius 2 is 2.00 bits per heavy atom. The molecule has 0 aliphatic rings. The molecule has 100 valence electrons. The highest BCUT2D eigenvalue weighted by Crippen LogP contribution is 1.99. The van der Waals surface area contributed by atoms with Crippen LogP contribution in [0.4, 0.5) is 0 Å². The molecule has 0 heterocycles. The third-order valence-electron chi connectivity index (χ3n) is 2.21. The molecule has 1 aromatic carbocycles. The van der Waals surface area contributed by atoms with Gasteiger partial charge < -0.3 is 15.3 Å². The van der Waals surface area contributed by atoms with Crippen LogP contribution in [-0.2, 0) is 4.84 Å². The van der Waals surface area contributed by atoms with Crippen LogP contribution in [0.25, 0.3) is 0 Å². The lowest BCUT2D eigenvalue weighted by Crippen LogP contribution is -2.42. The minimum absolute atomic E-state index is 0.00567. The molecule has 0 spiro atoms. The van der Waals surface area contributed by atoms with Crippen molar-refractivity contribution in [3.8, 4) is 0 Å². The normalized spacial score (nSPS) is 13.8. The quantitative estimate of drug-likeness (QED) is 0.598. The van der Waals surface area contributed by atoms with Gasteiger partial charge in [-0.05, 0) is 26.3 Å². The van der Waals surface area contributed by atoms with Gasteiger partial charge in [0, 0.05) is 12.1 Å². The fraction of sp³-hybridized carbons (Fsp3) is 0.500. The van der Waals surface area contributed by atoms with Gasteiger partial charge in [0.1, 0.15) is 12.7 Å². The third kappa shape index (κ3) is 7.04. The summed E-state index contributed by atoms with van der Waals surface area (Å²) in [6, 6.07) is 9.68. The average Bonchev–Trinajstić information content (AvgIpc) is 2.33. The van der Waals surface area contributed by atoms with Gasteiger partial charge in [0.25, 0.3) is 0 Å². The number of benzene rings is 1. The molecule has 18 heavy (non-hydrogen) atoms. The Kier molecular flexibility index (Phi) is 5.82. The molecule has 4 nitrogen and oxygen atoms in total. The molecule has 1 unspecified atom stereocenters. The highest BCUT2D eigenvalue weighted by molar-refractivity contribution is 5.78. The molecule has 0 amide bonds. The van der Waals surface area contributed by atoms with E-state index in [1.807, 2.05) is 51.1 Å². The number of hydrogen-bond donors (Lipinski definition) is 2. The number of β-amino-alcohol motifs (C(OH)–C–C–N with tert-alkyl or cyclic N) is 1. The first-order valence-electron chi connectivity index (χ1n) is 6.11. The monoisotopic (exact) mass is 250 g/mol. The molecule has 2 N–H and O–H groups in total. The Bertz CT molecular complexity index is 358. The van der Waals surface area contributed by atoms with Crippen molar-refractivity contribution in [2.75, 3.05) is 13.2 Å². The van der Waals surface area contributed by atoms with Crippen LogP contribution >= 0.6 is 0 Å². The zero-order chi connectivity index (χ0) is 13.4. The summed E-state index contributed by atoms with van der Waals surface area (Å²) < 4.78 is 0. The standard InChI is InChI=1S/C14H22N2O2/c1-14(2,3)15-10-13(17)11-18-16-9-12-7-5-4-6-8-12/h4-9,13,15,17H,10-11H2,1-3H3/b16-9+. The maximum atomic E-state index is 9.65. The summed E-state index contributed by atoms with van der Waals surface area (Å²) in [4.78, 5) is 5.04. The van der Waals surface area contributed by atoms with Crippen LogP contribution in [0.15, 0.2) is 35.5 Å². The van der Waals surface area contributed by atoms with E-state index in [1.54, 1.807) is 6.21 Å². The van der Waals surface area contributed by atoms with Crippen molar-refractivity contribution >= 4 is 6.21 Å². The van der Waals surface area contributed by atoms with Crippen LogP contribution in [0.2, 0.25) is 0 Å². The highest BCUT2D eigenvalue weighted by atomic mass is 16.6. The van der Waals surface area contributed by atoms with E-state index < -0.39 is 6.10 Å². The number of hydrogen-bond acceptors (Lipinski definition) is 4. The first kappa shape index (κ1) is 14.7. The van der Waals surface area contributed by atoms with Gasteiger partial charge in [0.15, 0.2) is 0 Å². The zero-order valence-corrected chi connectivity index (χ0v) is 11.3. The van der Waals surface area contributed by atoms with Gasteiger partial charge >= 0.3 is 0 Å². The van der Waals surface area contributed by atoms with Crippen molar-refractivity contribution in [3.63, 3.8) is 0 Å². The number of aliphatic hydroxyl groups is 1. The Labute approximate surface area is 109 Å². The Balaban J connectivity index is 2.19. The Hall–Kier alpha value is -1.39. The van der Waals surface area contributed by atoms with E-state index in [0.29, 0.717) is 6.54 Å². The van der Waals surface area contributed by atoms with Crippen LogP contribution in [0.1, 0.15) is 26.3 Å². The number of oxime groups is 1. The van der Waals surface area contributed by atoms with E-state index in [0.717, 1.165) is 5.56 Å². The summed E-state index contributed by atoms with van der Waals surface area (Å²) in [6.45, 7) is 6.83. The van der Waals surface area contributed by atoms with Crippen molar-refractivity contribution in [2.45, 2.75) is 32.4 Å². The van der Waals surface area contributed by atoms with E-state index >= 15 is 0 Å². The molecule has 0 radical (unpaired) electrons. The van der Waals surface area contributed by atoms with Crippen LogP contribution in [-0.4, -0.2) is 36.1 Å². The van der Waals surface area contributed by atoms with E-state index in [9.17, 15) is 5.11 Å². The molecular formula is C14H22N2O2. The number of nitrogens with zero attached hydrogens (tertiary/aromatic N) is 1. The fourth-order valence-corrected chi connectivity index (χ4v) is 1.25. The molecule has 0 fully saturated rings. The Morgan fingerprint density at radius 3 is 2.61 bits per heavy atom. The second-order valence-electron chi connectivity index (χ2n) is 5.23. The summed E-state index contributed by atoms with van der Waals surface area (Å²) in [7, 11) is 0. The topological polar surface area (TPSA) is 53.8 Å². The predicted molar refractivity (Wildman–Crippen MR) is 73.8 cm³/mol. The van der Waals surface area contributed by atoms with E-state index in [4.69, 9.17) is 4.84 Å². The third-order valence-corrected chi connectivity index (χ3v) is 2.21. The second kappa shape index (κ2) is 7.13. The van der Waals surface area contributed by atoms with Gasteiger partial charge in [0.2, 0.25) is 0 Å². The van der Waals surface area contributed by atoms with Gasteiger partial charge in [0.05, 0.1) is 6.21 Å². The van der Waals surface area contributed by atoms with E-state index in [2.05, 4.69) is 10.5 Å². The minimum atomic E-state index is -0.558. The van der Waals surface area contributed by atoms with Crippen LogP contribution in [0.5, 0.6) is 0 Å². The highest BCUT2D eigenvalue weighted by Gasteiger charge is 2.12.